The Bertz CT molecular complexity index is 581. The van der Waals surface area contributed by atoms with Gasteiger partial charge in [0.2, 0.25) is 0 Å². The fourth-order valence-electron chi connectivity index (χ4n) is 1.61. The molecule has 0 fully saturated rings. The Balaban J connectivity index is 2.80. The maximum atomic E-state index is 5.92. The molecule has 2 aromatic rings. The first-order valence-electron chi connectivity index (χ1n) is 4.99. The Kier molecular flexibility index (Phi) is 2.84. The van der Waals surface area contributed by atoms with Gasteiger partial charge in [0.1, 0.15) is 11.3 Å². The zero-order chi connectivity index (χ0) is 11.7. The van der Waals surface area contributed by atoms with Crippen molar-refractivity contribution < 1.29 is 4.42 Å². The molecule has 0 aliphatic carbocycles. The Labute approximate surface area is 99.2 Å². The average Bonchev–Trinajstić information content (AvgIpc) is 2.65. The molecule has 1 heterocycles. The number of allylic oxidation sites excluding steroid dienone is 2. The van der Waals surface area contributed by atoms with E-state index in [1.165, 1.54) is 0 Å². The van der Waals surface area contributed by atoms with E-state index in [4.69, 9.17) is 16.0 Å². The molecule has 0 saturated heterocycles. The average molecular weight is 234 g/mol. The van der Waals surface area contributed by atoms with Gasteiger partial charge in [-0.05, 0) is 38.3 Å². The topological polar surface area (TPSA) is 25.5 Å². The van der Waals surface area contributed by atoms with E-state index in [-0.39, 0.29) is 0 Å². The van der Waals surface area contributed by atoms with Crippen molar-refractivity contribution in [1.29, 1.82) is 0 Å². The van der Waals surface area contributed by atoms with Gasteiger partial charge >= 0.3 is 0 Å². The predicted octanol–water partition coefficient (Wildman–Crippen LogP) is 4.84. The Morgan fingerprint density at radius 3 is 2.88 bits per heavy atom. The fourth-order valence-corrected chi connectivity index (χ4v) is 1.77. The quantitative estimate of drug-likeness (QED) is 0.682. The van der Waals surface area contributed by atoms with Crippen molar-refractivity contribution in [2.75, 3.05) is 0 Å². The smallest absolute Gasteiger partial charge is 0.156 e. The van der Waals surface area contributed by atoms with Crippen LogP contribution in [-0.2, 0) is 0 Å². The highest BCUT2D eigenvalue weighted by atomic mass is 35.5. The minimum absolute atomic E-state index is 0.654. The zero-order valence-corrected chi connectivity index (χ0v) is 10.0. The van der Waals surface area contributed by atoms with Gasteiger partial charge in [-0.3, -0.25) is 4.99 Å². The Morgan fingerprint density at radius 1 is 1.50 bits per heavy atom. The number of benzene rings is 1. The summed E-state index contributed by atoms with van der Waals surface area (Å²) in [7, 11) is 0. The number of nitrogens with zero attached hydrogens (tertiary/aromatic N) is 1. The second kappa shape index (κ2) is 4.14. The SMILES string of the molecule is C=Nc1c(/C(C)=C\C)oc2cc(Cl)ccc12. The molecule has 1 aromatic heterocycles. The second-order valence-electron chi connectivity index (χ2n) is 3.55. The molecule has 0 unspecified atom stereocenters. The summed E-state index contributed by atoms with van der Waals surface area (Å²) in [6.45, 7) is 7.52. The third-order valence-electron chi connectivity index (χ3n) is 2.58. The van der Waals surface area contributed by atoms with Crippen molar-refractivity contribution >= 4 is 40.5 Å². The van der Waals surface area contributed by atoms with E-state index >= 15 is 0 Å². The van der Waals surface area contributed by atoms with Crippen LogP contribution < -0.4 is 0 Å². The van der Waals surface area contributed by atoms with Crippen LogP contribution in [0.4, 0.5) is 5.69 Å². The summed E-state index contributed by atoms with van der Waals surface area (Å²) in [6, 6.07) is 5.51. The first-order chi connectivity index (χ1) is 7.67. The molecule has 16 heavy (non-hydrogen) atoms. The molecular weight excluding hydrogens is 222 g/mol. The van der Waals surface area contributed by atoms with Crippen LogP contribution in [-0.4, -0.2) is 6.72 Å². The summed E-state index contributed by atoms with van der Waals surface area (Å²) >= 11 is 5.92. The van der Waals surface area contributed by atoms with E-state index in [0.717, 1.165) is 28.0 Å². The molecule has 2 nitrogen and oxygen atoms in total. The van der Waals surface area contributed by atoms with Gasteiger partial charge in [0.05, 0.1) is 0 Å². The first-order valence-corrected chi connectivity index (χ1v) is 5.37. The maximum absolute atomic E-state index is 5.92. The van der Waals surface area contributed by atoms with Crippen molar-refractivity contribution in [2.45, 2.75) is 13.8 Å². The minimum atomic E-state index is 0.654. The van der Waals surface area contributed by atoms with Crippen LogP contribution in [0.1, 0.15) is 19.6 Å². The van der Waals surface area contributed by atoms with E-state index in [1.54, 1.807) is 6.07 Å². The van der Waals surface area contributed by atoms with Gasteiger partial charge in [-0.25, -0.2) is 0 Å². The van der Waals surface area contributed by atoms with Crippen molar-refractivity contribution in [2.24, 2.45) is 4.99 Å². The molecular formula is C13H12ClNO. The highest BCUT2D eigenvalue weighted by Crippen LogP contribution is 2.37. The van der Waals surface area contributed by atoms with Gasteiger partial charge in [0, 0.05) is 16.5 Å². The summed E-state index contributed by atoms with van der Waals surface area (Å²) in [5.41, 5.74) is 2.56. The van der Waals surface area contributed by atoms with Crippen LogP contribution in [0.3, 0.4) is 0 Å². The lowest BCUT2D eigenvalue weighted by Gasteiger charge is -1.95. The molecule has 0 N–H and O–H groups in total. The molecule has 0 aliphatic heterocycles. The van der Waals surface area contributed by atoms with Crippen LogP contribution in [0.2, 0.25) is 5.02 Å². The lowest BCUT2D eigenvalue weighted by atomic mass is 10.1. The Morgan fingerprint density at radius 2 is 2.25 bits per heavy atom. The molecule has 82 valence electrons. The summed E-state index contributed by atoms with van der Waals surface area (Å²) < 4.78 is 5.74. The van der Waals surface area contributed by atoms with Crippen molar-refractivity contribution in [3.8, 4) is 0 Å². The lowest BCUT2D eigenvalue weighted by molar-refractivity contribution is 0.600. The standard InChI is InChI=1S/C13H12ClNO/c1-4-8(2)13-12(15-3)10-6-5-9(14)7-11(10)16-13/h4-7H,3H2,1-2H3/b8-4-. The molecule has 0 amide bonds. The zero-order valence-electron chi connectivity index (χ0n) is 9.25. The third-order valence-corrected chi connectivity index (χ3v) is 2.81. The Hall–Kier alpha value is -1.54. The van der Waals surface area contributed by atoms with E-state index < -0.39 is 0 Å². The fraction of sp³-hybridized carbons (Fsp3) is 0.154. The number of hydrogen-bond acceptors (Lipinski definition) is 2. The van der Waals surface area contributed by atoms with Crippen LogP contribution >= 0.6 is 11.6 Å². The minimum Gasteiger partial charge on any atom is -0.454 e. The molecule has 0 radical (unpaired) electrons. The lowest BCUT2D eigenvalue weighted by Crippen LogP contribution is -1.73. The van der Waals surface area contributed by atoms with Gasteiger partial charge in [-0.15, -0.1) is 0 Å². The highest BCUT2D eigenvalue weighted by molar-refractivity contribution is 6.31. The van der Waals surface area contributed by atoms with Gasteiger partial charge in [-0.1, -0.05) is 17.7 Å². The molecule has 0 aliphatic rings. The van der Waals surface area contributed by atoms with E-state index in [2.05, 4.69) is 11.7 Å². The molecule has 0 bridgehead atoms. The monoisotopic (exact) mass is 233 g/mol. The molecule has 2 rings (SSSR count). The van der Waals surface area contributed by atoms with Crippen LogP contribution in [0.15, 0.2) is 33.7 Å². The largest absolute Gasteiger partial charge is 0.454 e. The number of furan rings is 1. The number of aliphatic imine (C=N–C) groups is 1. The number of halogens is 1. The molecule has 0 atom stereocenters. The summed E-state index contributed by atoms with van der Waals surface area (Å²) in [5, 5.41) is 1.59. The van der Waals surface area contributed by atoms with Crippen LogP contribution in [0.5, 0.6) is 0 Å². The predicted molar refractivity (Wildman–Crippen MR) is 69.8 cm³/mol. The molecule has 1 aromatic carbocycles. The van der Waals surface area contributed by atoms with E-state index in [1.807, 2.05) is 32.1 Å². The number of hydrogen-bond donors (Lipinski definition) is 0. The van der Waals surface area contributed by atoms with Crippen LogP contribution in [0.25, 0.3) is 16.5 Å². The second-order valence-corrected chi connectivity index (χ2v) is 3.99. The van der Waals surface area contributed by atoms with Crippen LogP contribution in [0, 0.1) is 0 Å². The van der Waals surface area contributed by atoms with Crippen molar-refractivity contribution in [3.05, 3.63) is 35.1 Å². The maximum Gasteiger partial charge on any atom is 0.156 e. The van der Waals surface area contributed by atoms with Gasteiger partial charge in [-0.2, -0.15) is 0 Å². The summed E-state index contributed by atoms with van der Waals surface area (Å²) in [4.78, 5) is 4.03. The molecule has 3 heteroatoms. The normalized spacial score (nSPS) is 12.1. The molecule has 0 spiro atoms. The van der Waals surface area contributed by atoms with Gasteiger partial charge in [0.15, 0.2) is 5.76 Å². The summed E-state index contributed by atoms with van der Waals surface area (Å²) in [5.74, 6) is 0.759. The first kappa shape index (κ1) is 11.0. The van der Waals surface area contributed by atoms with Gasteiger partial charge in [0.25, 0.3) is 0 Å². The molecule has 0 saturated carbocycles. The van der Waals surface area contributed by atoms with E-state index in [0.29, 0.717) is 5.02 Å². The highest BCUT2D eigenvalue weighted by Gasteiger charge is 2.14. The van der Waals surface area contributed by atoms with E-state index in [9.17, 15) is 0 Å². The van der Waals surface area contributed by atoms with Crippen molar-refractivity contribution in [1.82, 2.24) is 0 Å². The van der Waals surface area contributed by atoms with Crippen molar-refractivity contribution in [3.63, 3.8) is 0 Å². The number of fused-ring (bicyclic) bond motifs is 1. The summed E-state index contributed by atoms with van der Waals surface area (Å²) in [6.07, 6.45) is 1.98. The number of rotatable bonds is 2. The third kappa shape index (κ3) is 1.65. The van der Waals surface area contributed by atoms with Gasteiger partial charge < -0.3 is 4.42 Å².